The van der Waals surface area contributed by atoms with E-state index in [0.717, 1.165) is 12.1 Å². The zero-order valence-corrected chi connectivity index (χ0v) is 9.92. The van der Waals surface area contributed by atoms with Crippen LogP contribution in [0.15, 0.2) is 29.2 Å². The van der Waals surface area contributed by atoms with Crippen LogP contribution in [0.25, 0.3) is 5.53 Å². The van der Waals surface area contributed by atoms with Gasteiger partial charge in [0, 0.05) is 5.02 Å². The van der Waals surface area contributed by atoms with Crippen molar-refractivity contribution >= 4 is 36.9 Å². The first-order valence-electron chi connectivity index (χ1n) is 3.71. The summed E-state index contributed by atoms with van der Waals surface area (Å²) in [5.41, 5.74) is 8.34. The van der Waals surface area contributed by atoms with Crippen molar-refractivity contribution in [2.75, 3.05) is 0 Å². The predicted molar refractivity (Wildman–Crippen MR) is 56.2 cm³/mol. The molecule has 0 amide bonds. The van der Waals surface area contributed by atoms with Gasteiger partial charge in [0.25, 0.3) is 9.84 Å². The molecule has 0 radical (unpaired) electrons. The number of sulfone groups is 1. The molecule has 6 nitrogen and oxygen atoms in total. The Kier molecular flexibility index (Phi) is 3.95. The van der Waals surface area contributed by atoms with E-state index in [4.69, 9.17) is 17.1 Å². The monoisotopic (exact) mass is 279 g/mol. The summed E-state index contributed by atoms with van der Waals surface area (Å²) in [5, 5.41) is 0.296. The molecule has 0 aliphatic carbocycles. The van der Waals surface area contributed by atoms with Crippen LogP contribution in [0.5, 0.6) is 0 Å². The third-order valence-corrected chi connectivity index (χ3v) is 4.70. The van der Waals surface area contributed by atoms with Crippen molar-refractivity contribution < 1.29 is 22.0 Å². The standard InChI is InChI=1S/C7H5ClN2O4S2/c8-5-1-3-6(4-2-5)16(13,14)7(10-9)15(11)12/h1-4H,(H,11,12)/p-1. The first kappa shape index (κ1) is 13.0. The molecule has 0 fully saturated rings. The molecule has 0 spiro atoms. The van der Waals surface area contributed by atoms with Crippen molar-refractivity contribution in [3.8, 4) is 0 Å². The van der Waals surface area contributed by atoms with Crippen molar-refractivity contribution in [2.45, 2.75) is 4.90 Å². The van der Waals surface area contributed by atoms with Crippen LogP contribution in [0.2, 0.25) is 5.02 Å². The molecule has 1 aromatic carbocycles. The highest BCUT2D eigenvalue weighted by Gasteiger charge is 2.31. The molecule has 1 rings (SSSR count). The molecular formula is C7H4ClN2O4S2-. The molecule has 9 heteroatoms. The normalized spacial score (nSPS) is 12.9. The highest BCUT2D eigenvalue weighted by atomic mass is 35.5. The Morgan fingerprint density at radius 3 is 2.25 bits per heavy atom. The van der Waals surface area contributed by atoms with E-state index in [2.05, 4.69) is 4.79 Å². The maximum Gasteiger partial charge on any atom is 0.460 e. The first-order chi connectivity index (χ1) is 7.39. The maximum atomic E-state index is 11.6. The lowest BCUT2D eigenvalue weighted by Gasteiger charge is -2.01. The van der Waals surface area contributed by atoms with E-state index in [1.165, 1.54) is 12.1 Å². The number of hydrogen-bond acceptors (Lipinski definition) is 4. The number of hydrogen-bond donors (Lipinski definition) is 0. The molecule has 1 unspecified atom stereocenters. The van der Waals surface area contributed by atoms with E-state index in [1.807, 2.05) is 0 Å². The summed E-state index contributed by atoms with van der Waals surface area (Å²) in [6, 6.07) is 4.76. The van der Waals surface area contributed by atoms with E-state index >= 15 is 0 Å². The van der Waals surface area contributed by atoms with Gasteiger partial charge in [-0.1, -0.05) is 11.6 Å². The lowest BCUT2D eigenvalue weighted by Crippen LogP contribution is -2.21. The maximum absolute atomic E-state index is 11.6. The summed E-state index contributed by atoms with van der Waals surface area (Å²) in [5.74, 6) is 0. The van der Waals surface area contributed by atoms with Crippen molar-refractivity contribution in [1.29, 1.82) is 0 Å². The fourth-order valence-corrected chi connectivity index (χ4v) is 2.89. The van der Waals surface area contributed by atoms with Crippen LogP contribution < -0.4 is 0 Å². The molecule has 1 aromatic rings. The zero-order chi connectivity index (χ0) is 12.3. The number of benzene rings is 1. The second-order valence-corrected chi connectivity index (χ2v) is 5.97. The van der Waals surface area contributed by atoms with Gasteiger partial charge in [0.05, 0.1) is 16.0 Å². The average molecular weight is 280 g/mol. The summed E-state index contributed by atoms with van der Waals surface area (Å²) >= 11 is 2.39. The molecule has 1 atom stereocenters. The van der Waals surface area contributed by atoms with Gasteiger partial charge in [-0.2, -0.15) is 0 Å². The van der Waals surface area contributed by atoms with Crippen LogP contribution >= 0.6 is 11.6 Å². The van der Waals surface area contributed by atoms with E-state index in [-0.39, 0.29) is 4.90 Å². The van der Waals surface area contributed by atoms with Gasteiger partial charge in [0.2, 0.25) is 0 Å². The van der Waals surface area contributed by atoms with Crippen molar-refractivity contribution in [1.82, 2.24) is 0 Å². The van der Waals surface area contributed by atoms with Gasteiger partial charge in [-0.3, -0.25) is 4.21 Å². The minimum Gasteiger partial charge on any atom is -0.763 e. The zero-order valence-electron chi connectivity index (χ0n) is 7.53. The summed E-state index contributed by atoms with van der Waals surface area (Å²) in [6.07, 6.45) is 0. The van der Waals surface area contributed by atoms with Crippen molar-refractivity contribution in [3.05, 3.63) is 34.8 Å². The fraction of sp³-hybridized carbons (Fsp3) is 0. The Morgan fingerprint density at radius 1 is 1.38 bits per heavy atom. The molecule has 0 saturated carbocycles. The largest absolute Gasteiger partial charge is 0.763 e. The topological polar surface area (TPSA) is 111 Å². The fourth-order valence-electron chi connectivity index (χ4n) is 0.891. The lowest BCUT2D eigenvalue weighted by molar-refractivity contribution is 0.00365. The van der Waals surface area contributed by atoms with Crippen LogP contribution in [-0.2, 0) is 20.9 Å². The second kappa shape index (κ2) is 4.86. The number of halogens is 1. The molecule has 0 saturated heterocycles. The average Bonchev–Trinajstić information content (AvgIpc) is 2.18. The van der Waals surface area contributed by atoms with Gasteiger partial charge in [0.15, 0.2) is 0 Å². The highest BCUT2D eigenvalue weighted by molar-refractivity contribution is 8.26. The van der Waals surface area contributed by atoms with Gasteiger partial charge in [-0.15, -0.1) is 4.79 Å². The summed E-state index contributed by atoms with van der Waals surface area (Å²) in [7, 11) is -4.34. The van der Waals surface area contributed by atoms with Gasteiger partial charge >= 0.3 is 4.38 Å². The molecule has 0 bridgehead atoms. The van der Waals surface area contributed by atoms with Crippen molar-refractivity contribution in [2.24, 2.45) is 0 Å². The van der Waals surface area contributed by atoms with Crippen LogP contribution in [0.1, 0.15) is 0 Å². The summed E-state index contributed by atoms with van der Waals surface area (Å²) < 4.78 is 42.9. The minimum absolute atomic E-state index is 0.296. The molecule has 0 aromatic heterocycles. The molecule has 0 aliphatic rings. The Morgan fingerprint density at radius 2 is 1.88 bits per heavy atom. The first-order valence-corrected chi connectivity index (χ1v) is 6.65. The summed E-state index contributed by atoms with van der Waals surface area (Å²) in [6.45, 7) is 0. The second-order valence-electron chi connectivity index (χ2n) is 2.56. The SMILES string of the molecule is [N-]=[N+]=C(S(=O)[O-])S(=O)(=O)c1ccc(Cl)cc1. The van der Waals surface area contributed by atoms with Crippen LogP contribution in [0, 0.1) is 0 Å². The number of rotatable bonds is 1. The van der Waals surface area contributed by atoms with E-state index in [9.17, 15) is 17.2 Å². The smallest absolute Gasteiger partial charge is 0.460 e. The highest BCUT2D eigenvalue weighted by Crippen LogP contribution is 2.16. The third-order valence-electron chi connectivity index (χ3n) is 1.58. The van der Waals surface area contributed by atoms with E-state index in [0.29, 0.717) is 5.02 Å². The van der Waals surface area contributed by atoms with E-state index < -0.39 is 25.3 Å². The van der Waals surface area contributed by atoms with Gasteiger partial charge < -0.3 is 10.1 Å². The molecule has 0 heterocycles. The van der Waals surface area contributed by atoms with Gasteiger partial charge in [-0.05, 0) is 24.3 Å². The van der Waals surface area contributed by atoms with Crippen molar-refractivity contribution in [3.63, 3.8) is 0 Å². The molecule has 0 N–H and O–H groups in total. The van der Waals surface area contributed by atoms with E-state index in [1.54, 1.807) is 0 Å². The molecule has 86 valence electrons. The Hall–Kier alpha value is -1.05. The summed E-state index contributed by atoms with van der Waals surface area (Å²) in [4.78, 5) is 1.92. The lowest BCUT2D eigenvalue weighted by atomic mass is 10.4. The Bertz CT molecular complexity index is 575. The quantitative estimate of drug-likeness (QED) is 0.246. The third kappa shape index (κ3) is 2.55. The minimum atomic E-state index is -4.34. The molecule has 16 heavy (non-hydrogen) atoms. The van der Waals surface area contributed by atoms with Gasteiger partial charge in [0.1, 0.15) is 0 Å². The van der Waals surface area contributed by atoms with Crippen LogP contribution in [0.3, 0.4) is 0 Å². The Balaban J connectivity index is 3.38. The number of nitrogens with zero attached hydrogens (tertiary/aromatic N) is 2. The van der Waals surface area contributed by atoms with Crippen LogP contribution in [-0.4, -0.2) is 26.3 Å². The molecule has 0 aliphatic heterocycles. The van der Waals surface area contributed by atoms with Gasteiger partial charge in [-0.25, -0.2) is 8.42 Å². The van der Waals surface area contributed by atoms with Crippen LogP contribution in [0.4, 0.5) is 0 Å². The molecular weight excluding hydrogens is 276 g/mol. The predicted octanol–water partition coefficient (Wildman–Crippen LogP) is 0.579. The Labute approximate surface area is 98.7 Å².